The number of aliphatic imine (C=N–C) groups is 1. The summed E-state index contributed by atoms with van der Waals surface area (Å²) in [5.41, 5.74) is 0. The minimum atomic E-state index is 0.453. The lowest BCUT2D eigenvalue weighted by molar-refractivity contribution is 0.195. The maximum absolute atomic E-state index is 5.32. The molecule has 0 aliphatic rings. The summed E-state index contributed by atoms with van der Waals surface area (Å²) in [7, 11) is 3.63. The zero-order valence-electron chi connectivity index (χ0n) is 13.9. The van der Waals surface area contributed by atoms with Crippen molar-refractivity contribution in [2.75, 3.05) is 20.3 Å². The molecule has 2 N–H and O–H groups in total. The number of furan rings is 1. The summed E-state index contributed by atoms with van der Waals surface area (Å²) in [6.45, 7) is 4.42. The van der Waals surface area contributed by atoms with Gasteiger partial charge >= 0.3 is 0 Å². The third kappa shape index (κ3) is 5.41. The van der Waals surface area contributed by atoms with Crippen LogP contribution in [0.5, 0.6) is 0 Å². The van der Waals surface area contributed by atoms with Crippen LogP contribution in [0.4, 0.5) is 0 Å². The van der Waals surface area contributed by atoms with Gasteiger partial charge in [0.2, 0.25) is 0 Å². The Bertz CT molecular complexity index is 606. The molecule has 0 aliphatic carbocycles. The number of guanidine groups is 1. The normalized spacial score (nSPS) is 11.7. The van der Waals surface area contributed by atoms with Crippen LogP contribution < -0.4 is 10.6 Å². The van der Waals surface area contributed by atoms with Crippen molar-refractivity contribution in [2.45, 2.75) is 26.4 Å². The Labute approximate surface area is 136 Å². The Hall–Kier alpha value is -2.35. The van der Waals surface area contributed by atoms with Crippen LogP contribution in [0.15, 0.2) is 27.8 Å². The molecule has 0 spiro atoms. The van der Waals surface area contributed by atoms with Crippen LogP contribution in [0.25, 0.3) is 0 Å². The molecule has 2 rings (SSSR count). The average Bonchev–Trinajstić information content (AvgIpc) is 3.18. The van der Waals surface area contributed by atoms with Crippen LogP contribution in [-0.2, 0) is 24.9 Å². The fraction of sp³-hybridized carbons (Fsp3) is 0.533. The highest BCUT2D eigenvalue weighted by atomic mass is 16.5. The van der Waals surface area contributed by atoms with Gasteiger partial charge in [-0.2, -0.15) is 0 Å². The van der Waals surface area contributed by atoms with Gasteiger partial charge in [0.05, 0.1) is 12.8 Å². The topological polar surface area (TPSA) is 89.5 Å². The zero-order chi connectivity index (χ0) is 16.5. The van der Waals surface area contributed by atoms with Crippen molar-refractivity contribution in [3.63, 3.8) is 0 Å². The summed E-state index contributed by atoms with van der Waals surface area (Å²) in [5.74, 6) is 3.25. The summed E-state index contributed by atoms with van der Waals surface area (Å²) >= 11 is 0. The number of hydrogen-bond acceptors (Lipinski definition) is 5. The van der Waals surface area contributed by atoms with Crippen molar-refractivity contribution < 1.29 is 9.15 Å². The van der Waals surface area contributed by atoms with E-state index in [4.69, 9.17) is 9.15 Å². The molecule has 0 amide bonds. The van der Waals surface area contributed by atoms with Crippen LogP contribution in [0.1, 0.15) is 23.8 Å². The van der Waals surface area contributed by atoms with Crippen LogP contribution in [0.3, 0.4) is 0 Å². The number of methoxy groups -OCH3 is 1. The molecule has 0 fully saturated rings. The number of rotatable bonds is 8. The highest BCUT2D eigenvalue weighted by Gasteiger charge is 2.05. The van der Waals surface area contributed by atoms with Crippen LogP contribution in [0, 0.1) is 6.92 Å². The van der Waals surface area contributed by atoms with Gasteiger partial charge in [-0.25, -0.2) is 4.99 Å². The molecule has 0 atom stereocenters. The van der Waals surface area contributed by atoms with Gasteiger partial charge in [-0.05, 0) is 25.5 Å². The van der Waals surface area contributed by atoms with Crippen molar-refractivity contribution in [2.24, 2.45) is 12.0 Å². The Morgan fingerprint density at radius 1 is 1.39 bits per heavy atom. The molecule has 0 aliphatic heterocycles. The molecule has 2 aromatic rings. The number of nitrogens with one attached hydrogen (secondary N) is 2. The van der Waals surface area contributed by atoms with Crippen molar-refractivity contribution in [1.29, 1.82) is 0 Å². The van der Waals surface area contributed by atoms with E-state index in [2.05, 4.69) is 25.8 Å². The first kappa shape index (κ1) is 17.0. The minimum Gasteiger partial charge on any atom is -0.467 e. The van der Waals surface area contributed by atoms with Crippen molar-refractivity contribution in [3.05, 3.63) is 35.8 Å². The van der Waals surface area contributed by atoms with E-state index in [0.29, 0.717) is 25.7 Å². The summed E-state index contributed by atoms with van der Waals surface area (Å²) in [6.07, 6.45) is 2.56. The molecule has 0 saturated carbocycles. The van der Waals surface area contributed by atoms with Crippen molar-refractivity contribution >= 4 is 5.96 Å². The van der Waals surface area contributed by atoms with Crippen LogP contribution in [-0.4, -0.2) is 41.0 Å². The van der Waals surface area contributed by atoms with Gasteiger partial charge in [-0.15, -0.1) is 10.2 Å². The maximum atomic E-state index is 5.32. The largest absolute Gasteiger partial charge is 0.467 e. The first-order chi connectivity index (χ1) is 11.2. The molecular formula is C15H24N6O2. The van der Waals surface area contributed by atoms with Gasteiger partial charge in [0.25, 0.3) is 0 Å². The molecular weight excluding hydrogens is 296 g/mol. The van der Waals surface area contributed by atoms with Crippen molar-refractivity contribution in [1.82, 2.24) is 25.4 Å². The number of ether oxygens (including phenoxy) is 1. The Morgan fingerprint density at radius 3 is 2.91 bits per heavy atom. The third-order valence-corrected chi connectivity index (χ3v) is 3.39. The monoisotopic (exact) mass is 320 g/mol. The van der Waals surface area contributed by atoms with E-state index in [0.717, 1.165) is 30.4 Å². The second kappa shape index (κ2) is 8.94. The first-order valence-electron chi connectivity index (χ1n) is 7.59. The molecule has 23 heavy (non-hydrogen) atoms. The molecule has 126 valence electrons. The second-order valence-corrected chi connectivity index (χ2v) is 5.09. The Kier molecular flexibility index (Phi) is 6.61. The Morgan fingerprint density at radius 2 is 2.26 bits per heavy atom. The van der Waals surface area contributed by atoms with Gasteiger partial charge in [-0.3, -0.25) is 0 Å². The lowest BCUT2D eigenvalue weighted by Crippen LogP contribution is -2.37. The maximum Gasteiger partial charge on any atom is 0.192 e. The molecule has 0 unspecified atom stereocenters. The molecule has 2 aromatic heterocycles. The molecule has 0 saturated heterocycles. The molecule has 0 radical (unpaired) electrons. The van der Waals surface area contributed by atoms with Gasteiger partial charge in [-0.1, -0.05) is 0 Å². The number of aryl methyl sites for hydroxylation is 1. The molecule has 8 heteroatoms. The van der Waals surface area contributed by atoms with E-state index in [1.54, 1.807) is 13.4 Å². The van der Waals surface area contributed by atoms with Crippen LogP contribution >= 0.6 is 0 Å². The predicted octanol–water partition coefficient (Wildman–Crippen LogP) is 0.988. The molecule has 0 aromatic carbocycles. The second-order valence-electron chi connectivity index (χ2n) is 5.09. The number of hydrogen-bond donors (Lipinski definition) is 2. The van der Waals surface area contributed by atoms with Gasteiger partial charge in [0.1, 0.15) is 18.1 Å². The average molecular weight is 320 g/mol. The zero-order valence-corrected chi connectivity index (χ0v) is 13.9. The van der Waals surface area contributed by atoms with Crippen LogP contribution in [0.2, 0.25) is 0 Å². The smallest absolute Gasteiger partial charge is 0.192 e. The highest BCUT2D eigenvalue weighted by Crippen LogP contribution is 2.00. The van der Waals surface area contributed by atoms with E-state index in [1.165, 1.54) is 0 Å². The van der Waals surface area contributed by atoms with E-state index >= 15 is 0 Å². The van der Waals surface area contributed by atoms with Crippen molar-refractivity contribution in [3.8, 4) is 0 Å². The fourth-order valence-electron chi connectivity index (χ4n) is 1.92. The highest BCUT2D eigenvalue weighted by molar-refractivity contribution is 5.79. The summed E-state index contributed by atoms with van der Waals surface area (Å²) in [4.78, 5) is 4.55. The standard InChI is InChI=1S/C15H24N6O2/c1-12-19-20-14(21(12)2)11-18-15(16-7-5-8-22-3)17-10-13-6-4-9-23-13/h4,6,9H,5,7-8,10-11H2,1-3H3,(H2,16,17,18). The van der Waals surface area contributed by atoms with Gasteiger partial charge in [0.15, 0.2) is 11.8 Å². The summed E-state index contributed by atoms with van der Waals surface area (Å²) in [5, 5.41) is 14.7. The SMILES string of the molecule is COCCCNC(=NCc1nnc(C)n1C)NCc1ccco1. The van der Waals surface area contributed by atoms with Gasteiger partial charge < -0.3 is 24.4 Å². The van der Waals surface area contributed by atoms with E-state index in [1.807, 2.05) is 30.7 Å². The Balaban J connectivity index is 1.93. The number of nitrogens with zero attached hydrogens (tertiary/aromatic N) is 4. The fourth-order valence-corrected chi connectivity index (χ4v) is 1.92. The number of aromatic nitrogens is 3. The van der Waals surface area contributed by atoms with E-state index in [9.17, 15) is 0 Å². The molecule has 8 nitrogen and oxygen atoms in total. The minimum absolute atomic E-state index is 0.453. The molecule has 0 bridgehead atoms. The van der Waals surface area contributed by atoms with E-state index < -0.39 is 0 Å². The molecule has 2 heterocycles. The summed E-state index contributed by atoms with van der Waals surface area (Å²) in [6, 6.07) is 3.78. The lowest BCUT2D eigenvalue weighted by Gasteiger charge is -2.11. The third-order valence-electron chi connectivity index (χ3n) is 3.39. The first-order valence-corrected chi connectivity index (χ1v) is 7.59. The van der Waals surface area contributed by atoms with E-state index in [-0.39, 0.29) is 0 Å². The quantitative estimate of drug-likeness (QED) is 0.428. The van der Waals surface area contributed by atoms with Gasteiger partial charge in [0, 0.05) is 27.3 Å². The summed E-state index contributed by atoms with van der Waals surface area (Å²) < 4.78 is 12.3. The predicted molar refractivity (Wildman–Crippen MR) is 86.9 cm³/mol. The lowest BCUT2D eigenvalue weighted by atomic mass is 10.4.